The molecule has 0 radical (unpaired) electrons. The van der Waals surface area contributed by atoms with Gasteiger partial charge in [0.2, 0.25) is 5.88 Å². The standard InChI is InChI=1S/C36H47N5O5/c1-36(2,3)46-35(42)41-16-14-40(15-17-41)13-5-18-43-19-6-20-44-28-22-29(23-28)45-34-10-8-27(24-38-34)26-7-9-30-31-25-37-12-11-32(31)39(4)33(30)21-26/h7-12,21,24-25,28-29H,5-6,13-20,22-23H2,1-4H3. The molecule has 0 bridgehead atoms. The summed E-state index contributed by atoms with van der Waals surface area (Å²) >= 11 is 0. The van der Waals surface area contributed by atoms with E-state index in [1.807, 2.05) is 45.4 Å². The molecule has 2 fully saturated rings. The van der Waals surface area contributed by atoms with E-state index in [4.69, 9.17) is 18.9 Å². The van der Waals surface area contributed by atoms with Crippen molar-refractivity contribution in [3.63, 3.8) is 0 Å². The van der Waals surface area contributed by atoms with Crippen molar-refractivity contribution in [1.29, 1.82) is 0 Å². The van der Waals surface area contributed by atoms with Crippen molar-refractivity contribution in [2.45, 2.75) is 64.3 Å². The molecule has 2 aliphatic rings. The number of hydrogen-bond acceptors (Lipinski definition) is 8. The Hall–Kier alpha value is -3.73. The lowest BCUT2D eigenvalue weighted by Crippen LogP contribution is -2.50. The summed E-state index contributed by atoms with van der Waals surface area (Å²) in [7, 11) is 2.09. The molecule has 1 amide bonds. The van der Waals surface area contributed by atoms with Crippen LogP contribution in [0.5, 0.6) is 5.88 Å². The van der Waals surface area contributed by atoms with Crippen LogP contribution in [0.2, 0.25) is 0 Å². The summed E-state index contributed by atoms with van der Waals surface area (Å²) < 4.78 is 25.6. The number of hydrogen-bond donors (Lipinski definition) is 0. The molecule has 46 heavy (non-hydrogen) atoms. The smallest absolute Gasteiger partial charge is 0.410 e. The van der Waals surface area contributed by atoms with Crippen LogP contribution in [0.4, 0.5) is 4.79 Å². The van der Waals surface area contributed by atoms with Crippen molar-refractivity contribution in [2.75, 3.05) is 52.5 Å². The number of carbonyl (C=O) groups is 1. The van der Waals surface area contributed by atoms with Crippen LogP contribution in [0.15, 0.2) is 55.0 Å². The number of nitrogens with zero attached hydrogens (tertiary/aromatic N) is 5. The summed E-state index contributed by atoms with van der Waals surface area (Å²) in [6.45, 7) is 12.0. The molecule has 0 atom stereocenters. The van der Waals surface area contributed by atoms with Crippen molar-refractivity contribution in [3.05, 3.63) is 55.0 Å². The SMILES string of the molecule is Cn1c2ccncc2c2ccc(-c3ccc(OC4CC(OCCCOCCCN5CCN(C(=O)OC(C)(C)C)CC5)C4)nc3)cc21. The highest BCUT2D eigenvalue weighted by atomic mass is 16.6. The van der Waals surface area contributed by atoms with Crippen LogP contribution in [-0.2, 0) is 21.3 Å². The van der Waals surface area contributed by atoms with Crippen LogP contribution in [0.25, 0.3) is 32.9 Å². The lowest BCUT2D eigenvalue weighted by atomic mass is 9.92. The predicted octanol–water partition coefficient (Wildman–Crippen LogP) is 6.06. The second-order valence-corrected chi connectivity index (χ2v) is 13.4. The Morgan fingerprint density at radius 1 is 0.870 bits per heavy atom. The highest BCUT2D eigenvalue weighted by molar-refractivity contribution is 6.08. The van der Waals surface area contributed by atoms with Gasteiger partial charge in [0, 0.05) is 119 Å². The predicted molar refractivity (Wildman–Crippen MR) is 179 cm³/mol. The first kappa shape index (κ1) is 32.2. The average Bonchev–Trinajstić information content (AvgIpc) is 3.31. The van der Waals surface area contributed by atoms with Crippen molar-refractivity contribution in [3.8, 4) is 17.0 Å². The quantitative estimate of drug-likeness (QED) is 0.175. The first-order valence-corrected chi connectivity index (χ1v) is 16.6. The van der Waals surface area contributed by atoms with Gasteiger partial charge in [0.05, 0.1) is 11.6 Å². The first-order chi connectivity index (χ1) is 22.2. The number of benzene rings is 1. The van der Waals surface area contributed by atoms with Gasteiger partial charge in [0.25, 0.3) is 0 Å². The Morgan fingerprint density at radius 2 is 1.65 bits per heavy atom. The van der Waals surface area contributed by atoms with Gasteiger partial charge in [0.1, 0.15) is 11.7 Å². The zero-order valence-electron chi connectivity index (χ0n) is 27.6. The molecule has 1 aliphatic heterocycles. The number of ether oxygens (including phenoxy) is 4. The van der Waals surface area contributed by atoms with Crippen LogP contribution < -0.4 is 4.74 Å². The molecular weight excluding hydrogens is 582 g/mol. The van der Waals surface area contributed by atoms with Gasteiger partial charge in [-0.15, -0.1) is 0 Å². The van der Waals surface area contributed by atoms with Gasteiger partial charge in [-0.25, -0.2) is 9.78 Å². The van der Waals surface area contributed by atoms with Gasteiger partial charge in [0.15, 0.2) is 0 Å². The van der Waals surface area contributed by atoms with Crippen LogP contribution in [0.1, 0.15) is 46.5 Å². The van der Waals surface area contributed by atoms with Crippen LogP contribution in [-0.4, -0.2) is 101 Å². The number of aromatic nitrogens is 3. The van der Waals surface area contributed by atoms with Crippen LogP contribution in [0.3, 0.4) is 0 Å². The van der Waals surface area contributed by atoms with E-state index in [0.717, 1.165) is 63.1 Å². The van der Waals surface area contributed by atoms with Gasteiger partial charge >= 0.3 is 6.09 Å². The van der Waals surface area contributed by atoms with E-state index in [1.54, 1.807) is 4.90 Å². The number of pyridine rings is 2. The Morgan fingerprint density at radius 3 is 2.41 bits per heavy atom. The van der Waals surface area contributed by atoms with E-state index in [0.29, 0.717) is 32.2 Å². The Labute approximate surface area is 271 Å². The van der Waals surface area contributed by atoms with Gasteiger partial charge in [-0.05, 0) is 57.4 Å². The largest absolute Gasteiger partial charge is 0.474 e. The Bertz CT molecular complexity index is 1600. The number of aryl methyl sites for hydroxylation is 1. The monoisotopic (exact) mass is 629 g/mol. The van der Waals surface area contributed by atoms with E-state index in [1.165, 1.54) is 21.8 Å². The molecule has 4 heterocycles. The second kappa shape index (κ2) is 14.4. The lowest BCUT2D eigenvalue weighted by molar-refractivity contribution is -0.0662. The van der Waals surface area contributed by atoms with E-state index in [2.05, 4.69) is 56.8 Å². The second-order valence-electron chi connectivity index (χ2n) is 13.4. The minimum Gasteiger partial charge on any atom is -0.474 e. The van der Waals surface area contributed by atoms with Crippen molar-refractivity contribution in [2.24, 2.45) is 7.05 Å². The first-order valence-electron chi connectivity index (χ1n) is 16.6. The third kappa shape index (κ3) is 7.97. The third-order valence-corrected chi connectivity index (χ3v) is 8.79. The van der Waals surface area contributed by atoms with E-state index in [9.17, 15) is 4.79 Å². The highest BCUT2D eigenvalue weighted by Gasteiger charge is 2.32. The van der Waals surface area contributed by atoms with E-state index in [-0.39, 0.29) is 18.3 Å². The van der Waals surface area contributed by atoms with Gasteiger partial charge in [-0.2, -0.15) is 0 Å². The van der Waals surface area contributed by atoms with Gasteiger partial charge < -0.3 is 28.4 Å². The maximum absolute atomic E-state index is 12.2. The molecule has 6 rings (SSSR count). The van der Waals surface area contributed by atoms with Crippen LogP contribution in [0, 0.1) is 0 Å². The van der Waals surface area contributed by atoms with Gasteiger partial charge in [-0.1, -0.05) is 12.1 Å². The number of rotatable bonds is 12. The molecule has 3 aromatic heterocycles. The van der Waals surface area contributed by atoms with Gasteiger partial charge in [-0.3, -0.25) is 9.88 Å². The van der Waals surface area contributed by atoms with E-state index >= 15 is 0 Å². The average molecular weight is 630 g/mol. The number of fused-ring (bicyclic) bond motifs is 3. The van der Waals surface area contributed by atoms with Crippen molar-refractivity contribution < 1.29 is 23.7 Å². The fourth-order valence-corrected chi connectivity index (χ4v) is 6.16. The Kier molecular flexibility index (Phi) is 10.1. The topological polar surface area (TPSA) is 91.2 Å². The molecule has 0 N–H and O–H groups in total. The summed E-state index contributed by atoms with van der Waals surface area (Å²) in [6.07, 6.45) is 9.48. The zero-order chi connectivity index (χ0) is 32.1. The van der Waals surface area contributed by atoms with Crippen molar-refractivity contribution >= 4 is 27.9 Å². The summed E-state index contributed by atoms with van der Waals surface area (Å²) in [5.74, 6) is 0.655. The number of amides is 1. The molecule has 1 aromatic carbocycles. The molecule has 1 saturated heterocycles. The highest BCUT2D eigenvalue weighted by Crippen LogP contribution is 2.32. The lowest BCUT2D eigenvalue weighted by Gasteiger charge is -2.35. The summed E-state index contributed by atoms with van der Waals surface area (Å²) in [4.78, 5) is 25.3. The molecular formula is C36H47N5O5. The van der Waals surface area contributed by atoms with Crippen molar-refractivity contribution in [1.82, 2.24) is 24.3 Å². The maximum atomic E-state index is 12.2. The molecule has 0 spiro atoms. The molecule has 1 saturated carbocycles. The third-order valence-electron chi connectivity index (χ3n) is 8.79. The van der Waals surface area contributed by atoms with Crippen LogP contribution >= 0.6 is 0 Å². The fourth-order valence-electron chi connectivity index (χ4n) is 6.16. The molecule has 4 aromatic rings. The summed E-state index contributed by atoms with van der Waals surface area (Å²) in [6, 6.07) is 12.6. The number of carbonyl (C=O) groups excluding carboxylic acids is 1. The van der Waals surface area contributed by atoms with E-state index < -0.39 is 5.60 Å². The molecule has 10 nitrogen and oxygen atoms in total. The molecule has 246 valence electrons. The zero-order valence-corrected chi connectivity index (χ0v) is 27.6. The summed E-state index contributed by atoms with van der Waals surface area (Å²) in [5.41, 5.74) is 4.09. The molecule has 1 aliphatic carbocycles. The molecule has 10 heteroatoms. The Balaban J connectivity index is 0.817. The number of piperazine rings is 1. The summed E-state index contributed by atoms with van der Waals surface area (Å²) in [5, 5.41) is 2.37. The minimum absolute atomic E-state index is 0.145. The maximum Gasteiger partial charge on any atom is 0.410 e. The normalized spacial score (nSPS) is 19.0. The fraction of sp³-hybridized carbons (Fsp3) is 0.528. The molecule has 0 unspecified atom stereocenters. The minimum atomic E-state index is -0.451.